The van der Waals surface area contributed by atoms with E-state index in [4.69, 9.17) is 5.21 Å². The van der Waals surface area contributed by atoms with Crippen LogP contribution in [0.1, 0.15) is 18.4 Å². The third kappa shape index (κ3) is 2.01. The lowest BCUT2D eigenvalue weighted by atomic mass is 10.1. The topological polar surface area (TPSA) is 35.8 Å². The van der Waals surface area contributed by atoms with Crippen LogP contribution in [0, 0.1) is 0 Å². The summed E-state index contributed by atoms with van der Waals surface area (Å²) in [5.74, 6) is 0. The Balaban J connectivity index is 2.42. The van der Waals surface area contributed by atoms with Crippen LogP contribution in [-0.2, 0) is 0 Å². The molecule has 0 amide bonds. The van der Waals surface area contributed by atoms with Crippen LogP contribution in [0.5, 0.6) is 0 Å². The van der Waals surface area contributed by atoms with Gasteiger partial charge in [0.15, 0.2) is 0 Å². The van der Waals surface area contributed by atoms with Crippen LogP contribution >= 0.6 is 0 Å². The molecule has 1 heterocycles. The van der Waals surface area contributed by atoms with Crippen LogP contribution in [-0.4, -0.2) is 30.7 Å². The zero-order valence-electron chi connectivity index (χ0n) is 9.06. The van der Waals surface area contributed by atoms with Crippen molar-refractivity contribution in [3.05, 3.63) is 29.8 Å². The first kappa shape index (κ1) is 10.9. The van der Waals surface area contributed by atoms with Gasteiger partial charge in [-0.2, -0.15) is 0 Å². The number of oxime groups is 1. The Morgan fingerprint density at radius 2 is 2.19 bits per heavy atom. The highest BCUT2D eigenvalue weighted by Gasteiger charge is 2.18. The van der Waals surface area contributed by atoms with Crippen molar-refractivity contribution in [1.29, 1.82) is 0 Å². The molecule has 0 radical (unpaired) electrons. The van der Waals surface area contributed by atoms with Crippen LogP contribution in [0.25, 0.3) is 0 Å². The Morgan fingerprint density at radius 3 is 2.94 bits per heavy atom. The molecule has 0 bridgehead atoms. The number of alkyl halides is 1. The summed E-state index contributed by atoms with van der Waals surface area (Å²) in [5.41, 5.74) is 2.57. The maximum Gasteiger partial charge on any atom is 0.107 e. The molecule has 2 rings (SSSR count). The summed E-state index contributed by atoms with van der Waals surface area (Å²) in [6, 6.07) is 7.69. The van der Waals surface area contributed by atoms with E-state index >= 15 is 0 Å². The number of rotatable bonds is 2. The number of fused-ring (bicyclic) bond motifs is 1. The van der Waals surface area contributed by atoms with Gasteiger partial charge < -0.3 is 10.1 Å². The van der Waals surface area contributed by atoms with Gasteiger partial charge in [-0.3, -0.25) is 0 Å². The molecule has 0 unspecified atom stereocenters. The molecule has 3 nitrogen and oxygen atoms in total. The zero-order valence-corrected chi connectivity index (χ0v) is 9.06. The molecule has 0 saturated heterocycles. The highest BCUT2D eigenvalue weighted by atomic mass is 19.1. The summed E-state index contributed by atoms with van der Waals surface area (Å²) in [5, 5.41) is 12.3. The third-order valence-electron chi connectivity index (χ3n) is 2.87. The third-order valence-corrected chi connectivity index (χ3v) is 2.87. The minimum absolute atomic E-state index is 0.361. The van der Waals surface area contributed by atoms with Gasteiger partial charge in [0.2, 0.25) is 0 Å². The van der Waals surface area contributed by atoms with E-state index in [1.807, 2.05) is 29.2 Å². The summed E-state index contributed by atoms with van der Waals surface area (Å²) in [6.07, 6.45) is 1.62. The number of hydrogen-bond acceptors (Lipinski definition) is 3. The van der Waals surface area contributed by atoms with Crippen LogP contribution in [0.3, 0.4) is 0 Å². The summed E-state index contributed by atoms with van der Waals surface area (Å²) < 4.78 is 12.5. The average Bonchev–Trinajstić information content (AvgIpc) is 2.50. The van der Waals surface area contributed by atoms with Crippen LogP contribution in [0.15, 0.2) is 29.4 Å². The second kappa shape index (κ2) is 4.96. The van der Waals surface area contributed by atoms with Crippen molar-refractivity contribution in [3.8, 4) is 0 Å². The van der Waals surface area contributed by atoms with Crippen molar-refractivity contribution >= 4 is 11.4 Å². The van der Waals surface area contributed by atoms with E-state index in [0.717, 1.165) is 30.6 Å². The second-order valence-corrected chi connectivity index (χ2v) is 3.84. The molecule has 0 spiro atoms. The minimum atomic E-state index is -0.361. The van der Waals surface area contributed by atoms with Gasteiger partial charge >= 0.3 is 0 Å². The molecule has 86 valence electrons. The number of anilines is 1. The molecule has 1 N–H and O–H groups in total. The molecule has 0 aromatic heterocycles. The predicted octanol–water partition coefficient (Wildman–Crippen LogP) is 2.43. The Labute approximate surface area is 94.2 Å². The molecule has 1 aliphatic rings. The molecule has 0 saturated carbocycles. The highest BCUT2D eigenvalue weighted by Crippen LogP contribution is 2.26. The van der Waals surface area contributed by atoms with Crippen molar-refractivity contribution < 1.29 is 9.60 Å². The summed E-state index contributed by atoms with van der Waals surface area (Å²) in [6.45, 7) is 0.843. The fraction of sp³-hybridized carbons (Fsp3) is 0.417. The summed E-state index contributed by atoms with van der Waals surface area (Å²) >= 11 is 0. The quantitative estimate of drug-likeness (QED) is 0.616. The first-order chi connectivity index (χ1) is 7.86. The van der Waals surface area contributed by atoms with Crippen LogP contribution in [0.4, 0.5) is 10.1 Å². The molecular formula is C12H15FN2O. The molecule has 0 fully saturated rings. The van der Waals surface area contributed by atoms with E-state index in [1.54, 1.807) is 0 Å². The first-order valence-electron chi connectivity index (χ1n) is 5.48. The Morgan fingerprint density at radius 1 is 1.38 bits per heavy atom. The van der Waals surface area contributed by atoms with E-state index in [1.165, 1.54) is 0 Å². The van der Waals surface area contributed by atoms with Crippen LogP contribution < -0.4 is 4.90 Å². The SMILES string of the molecule is O/N=C1/CCCN(CCF)c2ccccc21. The van der Waals surface area contributed by atoms with Crippen molar-refractivity contribution in [2.24, 2.45) is 5.16 Å². The fourth-order valence-corrected chi connectivity index (χ4v) is 2.12. The number of benzene rings is 1. The van der Waals surface area contributed by atoms with Gasteiger partial charge in [-0.05, 0) is 18.9 Å². The zero-order chi connectivity index (χ0) is 11.4. The highest BCUT2D eigenvalue weighted by molar-refractivity contribution is 6.05. The lowest BCUT2D eigenvalue weighted by Crippen LogP contribution is -2.26. The van der Waals surface area contributed by atoms with Crippen molar-refractivity contribution in [3.63, 3.8) is 0 Å². The molecule has 4 heteroatoms. The maximum absolute atomic E-state index is 12.5. The van der Waals surface area contributed by atoms with Gasteiger partial charge in [0.05, 0.1) is 5.71 Å². The number of nitrogens with zero attached hydrogens (tertiary/aromatic N) is 2. The van der Waals surface area contributed by atoms with E-state index in [2.05, 4.69) is 5.16 Å². The smallest absolute Gasteiger partial charge is 0.107 e. The molecule has 0 atom stereocenters. The number of para-hydroxylation sites is 1. The standard InChI is InChI=1S/C12H15FN2O/c13-7-9-15-8-3-5-11(14-16)10-4-1-2-6-12(10)15/h1-2,4,6,16H,3,5,7-9H2/b14-11-. The lowest BCUT2D eigenvalue weighted by Gasteiger charge is -2.23. The largest absolute Gasteiger partial charge is 0.411 e. The van der Waals surface area contributed by atoms with Gasteiger partial charge in [0, 0.05) is 24.3 Å². The van der Waals surface area contributed by atoms with Crippen molar-refractivity contribution in [2.45, 2.75) is 12.8 Å². The minimum Gasteiger partial charge on any atom is -0.411 e. The molecule has 16 heavy (non-hydrogen) atoms. The van der Waals surface area contributed by atoms with Gasteiger partial charge in [-0.15, -0.1) is 0 Å². The molecule has 1 aromatic carbocycles. The predicted molar refractivity (Wildman–Crippen MR) is 62.2 cm³/mol. The lowest BCUT2D eigenvalue weighted by molar-refractivity contribution is 0.318. The summed E-state index contributed by atoms with van der Waals surface area (Å²) in [4.78, 5) is 2.01. The summed E-state index contributed by atoms with van der Waals surface area (Å²) in [7, 11) is 0. The number of hydrogen-bond donors (Lipinski definition) is 1. The van der Waals surface area contributed by atoms with E-state index in [9.17, 15) is 4.39 Å². The Bertz CT molecular complexity index is 392. The Kier molecular flexibility index (Phi) is 3.39. The van der Waals surface area contributed by atoms with Crippen molar-refractivity contribution in [2.75, 3.05) is 24.7 Å². The second-order valence-electron chi connectivity index (χ2n) is 3.84. The van der Waals surface area contributed by atoms with Gasteiger partial charge in [-0.25, -0.2) is 4.39 Å². The molecular weight excluding hydrogens is 207 g/mol. The molecule has 0 aliphatic carbocycles. The molecule has 1 aromatic rings. The van der Waals surface area contributed by atoms with E-state index in [0.29, 0.717) is 12.3 Å². The van der Waals surface area contributed by atoms with Gasteiger partial charge in [0.1, 0.15) is 6.67 Å². The monoisotopic (exact) mass is 222 g/mol. The maximum atomic E-state index is 12.5. The Hall–Kier alpha value is -1.58. The van der Waals surface area contributed by atoms with E-state index in [-0.39, 0.29) is 6.67 Å². The first-order valence-corrected chi connectivity index (χ1v) is 5.48. The fourth-order valence-electron chi connectivity index (χ4n) is 2.12. The van der Waals surface area contributed by atoms with Gasteiger partial charge in [0.25, 0.3) is 0 Å². The average molecular weight is 222 g/mol. The normalized spacial score (nSPS) is 18.3. The van der Waals surface area contributed by atoms with Crippen LogP contribution in [0.2, 0.25) is 0 Å². The molecule has 1 aliphatic heterocycles. The van der Waals surface area contributed by atoms with E-state index < -0.39 is 0 Å². The van der Waals surface area contributed by atoms with Gasteiger partial charge in [-0.1, -0.05) is 23.4 Å². The number of halogens is 1. The van der Waals surface area contributed by atoms with Crippen molar-refractivity contribution in [1.82, 2.24) is 0 Å².